The summed E-state index contributed by atoms with van der Waals surface area (Å²) in [7, 11) is 0. The molecule has 0 fully saturated rings. The van der Waals surface area contributed by atoms with Gasteiger partial charge in [0.2, 0.25) is 0 Å². The van der Waals surface area contributed by atoms with Crippen molar-refractivity contribution in [3.63, 3.8) is 0 Å². The van der Waals surface area contributed by atoms with Gasteiger partial charge in [-0.3, -0.25) is 0 Å². The first kappa shape index (κ1) is 27.8. The molecule has 0 saturated carbocycles. The number of thiophene rings is 1. The monoisotopic (exact) mass is 641 g/mol. The summed E-state index contributed by atoms with van der Waals surface area (Å²) in [6.07, 6.45) is 0. The van der Waals surface area contributed by atoms with Crippen LogP contribution in [-0.2, 0) is 0 Å². The second kappa shape index (κ2) is 11.2. The molecule has 10 rings (SSSR count). The second-order valence-electron chi connectivity index (χ2n) is 12.4. The Balaban J connectivity index is 1.24. The van der Waals surface area contributed by atoms with Crippen molar-refractivity contribution in [2.45, 2.75) is 0 Å². The van der Waals surface area contributed by atoms with Crippen LogP contribution in [0, 0.1) is 0 Å². The maximum atomic E-state index is 5.19. The number of nitrogens with zero attached hydrogens (tertiary/aromatic N) is 3. The Labute approximate surface area is 286 Å². The van der Waals surface area contributed by atoms with Crippen LogP contribution in [0.3, 0.4) is 0 Å². The predicted octanol–water partition coefficient (Wildman–Crippen LogP) is 12.4. The molecular formula is C45H27N3S. The van der Waals surface area contributed by atoms with Gasteiger partial charge >= 0.3 is 0 Å². The van der Waals surface area contributed by atoms with E-state index in [1.807, 2.05) is 29.5 Å². The van der Waals surface area contributed by atoms with E-state index in [0.717, 1.165) is 27.5 Å². The highest BCUT2D eigenvalue weighted by molar-refractivity contribution is 7.27. The number of hydrogen-bond acceptors (Lipinski definition) is 4. The van der Waals surface area contributed by atoms with Crippen LogP contribution in [0.15, 0.2) is 164 Å². The van der Waals surface area contributed by atoms with E-state index < -0.39 is 0 Å². The molecule has 10 aromatic rings. The molecule has 0 atom stereocenters. The first-order valence-corrected chi connectivity index (χ1v) is 17.3. The van der Waals surface area contributed by atoms with Crippen LogP contribution in [0.5, 0.6) is 0 Å². The highest BCUT2D eigenvalue weighted by Crippen LogP contribution is 2.46. The van der Waals surface area contributed by atoms with Gasteiger partial charge < -0.3 is 0 Å². The van der Waals surface area contributed by atoms with Gasteiger partial charge in [-0.2, -0.15) is 0 Å². The minimum atomic E-state index is 0.659. The summed E-state index contributed by atoms with van der Waals surface area (Å²) < 4.78 is 2.62. The number of fused-ring (bicyclic) bond motifs is 8. The molecule has 3 nitrogen and oxygen atoms in total. The molecule has 0 radical (unpaired) electrons. The molecule has 2 aromatic heterocycles. The molecule has 0 aliphatic rings. The van der Waals surface area contributed by atoms with E-state index >= 15 is 0 Å². The summed E-state index contributed by atoms with van der Waals surface area (Å²) in [5.41, 5.74) is 5.43. The lowest BCUT2D eigenvalue weighted by molar-refractivity contribution is 1.08. The maximum Gasteiger partial charge on any atom is 0.164 e. The van der Waals surface area contributed by atoms with Crippen molar-refractivity contribution in [1.82, 2.24) is 15.0 Å². The van der Waals surface area contributed by atoms with Gasteiger partial charge in [0, 0.05) is 42.2 Å². The van der Waals surface area contributed by atoms with Crippen LogP contribution in [-0.4, -0.2) is 15.0 Å². The van der Waals surface area contributed by atoms with Crippen molar-refractivity contribution in [2.75, 3.05) is 0 Å². The summed E-state index contributed by atoms with van der Waals surface area (Å²) in [5, 5.41) is 9.68. The second-order valence-corrected chi connectivity index (χ2v) is 13.4. The Morgan fingerprint density at radius 2 is 0.939 bits per heavy atom. The average molecular weight is 642 g/mol. The van der Waals surface area contributed by atoms with Gasteiger partial charge in [-0.25, -0.2) is 15.0 Å². The van der Waals surface area contributed by atoms with Crippen LogP contribution in [0.1, 0.15) is 0 Å². The van der Waals surface area contributed by atoms with Gasteiger partial charge in [-0.15, -0.1) is 11.3 Å². The molecule has 0 unspecified atom stereocenters. The quantitative estimate of drug-likeness (QED) is 0.180. The molecule has 2 heterocycles. The van der Waals surface area contributed by atoms with Crippen LogP contribution in [0.4, 0.5) is 0 Å². The molecule has 8 aromatic carbocycles. The minimum Gasteiger partial charge on any atom is -0.208 e. The highest BCUT2D eigenvalue weighted by Gasteiger charge is 2.19. The molecule has 228 valence electrons. The number of rotatable bonds is 4. The Morgan fingerprint density at radius 1 is 0.327 bits per heavy atom. The molecule has 0 amide bonds. The third-order valence-corrected chi connectivity index (χ3v) is 10.8. The van der Waals surface area contributed by atoms with Crippen molar-refractivity contribution in [2.24, 2.45) is 0 Å². The molecule has 4 heteroatoms. The SMILES string of the molecule is c1ccc(-c2nc(-c3ccc4ccccc4c3)nc(-c3cc4ccc5c6cccc(-c7ccccc7)c6sc5c4c4ccccc34)n2)cc1. The van der Waals surface area contributed by atoms with Crippen molar-refractivity contribution in [3.05, 3.63) is 164 Å². The lowest BCUT2D eigenvalue weighted by Gasteiger charge is -2.13. The van der Waals surface area contributed by atoms with Gasteiger partial charge in [0.15, 0.2) is 17.5 Å². The van der Waals surface area contributed by atoms with E-state index in [4.69, 9.17) is 15.0 Å². The van der Waals surface area contributed by atoms with Crippen LogP contribution in [0.2, 0.25) is 0 Å². The molecule has 0 spiro atoms. The molecule has 49 heavy (non-hydrogen) atoms. The third kappa shape index (κ3) is 4.61. The van der Waals surface area contributed by atoms with Crippen LogP contribution in [0.25, 0.3) is 97.8 Å². The van der Waals surface area contributed by atoms with Gasteiger partial charge in [0.1, 0.15) is 0 Å². The van der Waals surface area contributed by atoms with Gasteiger partial charge in [0.25, 0.3) is 0 Å². The summed E-state index contributed by atoms with van der Waals surface area (Å²) >= 11 is 1.89. The lowest BCUT2D eigenvalue weighted by atomic mass is 9.95. The van der Waals surface area contributed by atoms with Crippen LogP contribution < -0.4 is 0 Å². The molecular weight excluding hydrogens is 615 g/mol. The van der Waals surface area contributed by atoms with E-state index in [2.05, 4.69) is 146 Å². The number of aromatic nitrogens is 3. The Hall–Kier alpha value is -6.23. The van der Waals surface area contributed by atoms with Crippen molar-refractivity contribution in [3.8, 4) is 45.3 Å². The average Bonchev–Trinajstić information content (AvgIpc) is 3.57. The standard InChI is InChI=1S/C45H27N3S/c1-3-13-29(14-4-1)34-20-11-21-37-38-25-24-32-27-39(35-18-9-10-19-36(35)40(32)42(38)49-41(34)37)45-47-43(30-15-5-2-6-16-30)46-44(48-45)33-23-22-28-12-7-8-17-31(28)26-33/h1-27H. The first-order chi connectivity index (χ1) is 24.3. The minimum absolute atomic E-state index is 0.659. The highest BCUT2D eigenvalue weighted by atomic mass is 32.1. The molecule has 0 aliphatic carbocycles. The van der Waals surface area contributed by atoms with E-state index in [1.54, 1.807) is 0 Å². The number of hydrogen-bond donors (Lipinski definition) is 0. The van der Waals surface area contributed by atoms with Crippen LogP contribution >= 0.6 is 11.3 Å². The Bertz CT molecular complexity index is 2880. The van der Waals surface area contributed by atoms with E-state index in [9.17, 15) is 0 Å². The molecule has 0 saturated heterocycles. The zero-order valence-corrected chi connectivity index (χ0v) is 27.2. The van der Waals surface area contributed by atoms with E-state index in [0.29, 0.717) is 17.5 Å². The zero-order valence-electron chi connectivity index (χ0n) is 26.3. The fraction of sp³-hybridized carbons (Fsp3) is 0. The largest absolute Gasteiger partial charge is 0.208 e. The fourth-order valence-electron chi connectivity index (χ4n) is 7.14. The van der Waals surface area contributed by atoms with E-state index in [1.165, 1.54) is 52.8 Å². The number of benzene rings is 8. The summed E-state index contributed by atoms with van der Waals surface area (Å²) in [5.74, 6) is 1.98. The fourth-order valence-corrected chi connectivity index (χ4v) is 8.55. The lowest BCUT2D eigenvalue weighted by Crippen LogP contribution is -2.00. The van der Waals surface area contributed by atoms with Gasteiger partial charge in [0.05, 0.1) is 0 Å². The third-order valence-electron chi connectivity index (χ3n) is 9.49. The van der Waals surface area contributed by atoms with Crippen molar-refractivity contribution < 1.29 is 0 Å². The van der Waals surface area contributed by atoms with Crippen molar-refractivity contribution >= 4 is 63.8 Å². The summed E-state index contributed by atoms with van der Waals surface area (Å²) in [4.78, 5) is 15.4. The molecule has 0 bridgehead atoms. The van der Waals surface area contributed by atoms with E-state index in [-0.39, 0.29) is 0 Å². The summed E-state index contributed by atoms with van der Waals surface area (Å²) in [6.45, 7) is 0. The normalized spacial score (nSPS) is 11.7. The topological polar surface area (TPSA) is 38.7 Å². The Morgan fingerprint density at radius 3 is 1.76 bits per heavy atom. The van der Waals surface area contributed by atoms with Gasteiger partial charge in [-0.05, 0) is 50.2 Å². The molecule has 0 N–H and O–H groups in total. The predicted molar refractivity (Wildman–Crippen MR) is 207 cm³/mol. The van der Waals surface area contributed by atoms with Crippen molar-refractivity contribution in [1.29, 1.82) is 0 Å². The smallest absolute Gasteiger partial charge is 0.164 e. The summed E-state index contributed by atoms with van der Waals surface area (Å²) in [6, 6.07) is 57.9. The maximum absolute atomic E-state index is 5.19. The van der Waals surface area contributed by atoms with Gasteiger partial charge in [-0.1, -0.05) is 152 Å². The Kier molecular flexibility index (Phi) is 6.36. The first-order valence-electron chi connectivity index (χ1n) is 16.4. The molecule has 0 aliphatic heterocycles. The zero-order chi connectivity index (χ0) is 32.3.